The summed E-state index contributed by atoms with van der Waals surface area (Å²) in [6.45, 7) is 7.86. The molecule has 18 heavy (non-hydrogen) atoms. The third-order valence-corrected chi connectivity index (χ3v) is 4.48. The molecule has 0 saturated carbocycles. The fourth-order valence-corrected chi connectivity index (χ4v) is 3.43. The van der Waals surface area contributed by atoms with Gasteiger partial charge >= 0.3 is 5.97 Å². The zero-order valence-electron chi connectivity index (χ0n) is 11.6. The summed E-state index contributed by atoms with van der Waals surface area (Å²) in [4.78, 5) is 16.0. The molecule has 1 N–H and O–H groups in total. The lowest BCUT2D eigenvalue weighted by Gasteiger charge is -2.39. The molecule has 0 aromatic rings. The summed E-state index contributed by atoms with van der Waals surface area (Å²) in [5, 5.41) is 9.03. The van der Waals surface area contributed by atoms with Crippen LogP contribution in [-0.4, -0.2) is 58.6 Å². The predicted molar refractivity (Wildman–Crippen MR) is 71.7 cm³/mol. The second-order valence-corrected chi connectivity index (χ2v) is 6.02. The Morgan fingerprint density at radius 2 is 2.06 bits per heavy atom. The van der Waals surface area contributed by atoms with Crippen LogP contribution in [0.1, 0.15) is 46.0 Å². The van der Waals surface area contributed by atoms with Crippen LogP contribution in [0.25, 0.3) is 0 Å². The molecule has 2 heterocycles. The van der Waals surface area contributed by atoms with E-state index in [1.54, 1.807) is 0 Å². The Morgan fingerprint density at radius 3 is 2.67 bits per heavy atom. The Hall–Kier alpha value is -0.610. The maximum atomic E-state index is 11.0. The molecule has 0 aliphatic carbocycles. The second-order valence-electron chi connectivity index (χ2n) is 6.02. The number of likely N-dealkylation sites (tertiary alicyclic amines) is 2. The van der Waals surface area contributed by atoms with E-state index in [0.29, 0.717) is 18.5 Å². The molecule has 0 aromatic carbocycles. The molecule has 4 nitrogen and oxygen atoms in total. The van der Waals surface area contributed by atoms with Gasteiger partial charge in [-0.2, -0.15) is 0 Å². The minimum atomic E-state index is -0.648. The van der Waals surface area contributed by atoms with Crippen LogP contribution in [0.2, 0.25) is 0 Å². The van der Waals surface area contributed by atoms with Crippen LogP contribution >= 0.6 is 0 Å². The topological polar surface area (TPSA) is 43.8 Å². The van der Waals surface area contributed by atoms with Crippen molar-refractivity contribution in [1.29, 1.82) is 0 Å². The van der Waals surface area contributed by atoms with Crippen molar-refractivity contribution in [3.05, 3.63) is 0 Å². The van der Waals surface area contributed by atoms with E-state index in [4.69, 9.17) is 5.11 Å². The Morgan fingerprint density at radius 1 is 1.28 bits per heavy atom. The van der Waals surface area contributed by atoms with Crippen molar-refractivity contribution in [3.8, 4) is 0 Å². The van der Waals surface area contributed by atoms with E-state index < -0.39 is 5.97 Å². The zero-order valence-corrected chi connectivity index (χ0v) is 11.6. The summed E-state index contributed by atoms with van der Waals surface area (Å²) in [6, 6.07) is 1.46. The summed E-state index contributed by atoms with van der Waals surface area (Å²) in [6.07, 6.45) is 5.00. The fraction of sp³-hybridized carbons (Fsp3) is 0.929. The highest BCUT2D eigenvalue weighted by Gasteiger charge is 2.34. The van der Waals surface area contributed by atoms with Gasteiger partial charge in [0.25, 0.3) is 0 Å². The van der Waals surface area contributed by atoms with E-state index in [2.05, 4.69) is 23.6 Å². The van der Waals surface area contributed by atoms with E-state index in [1.807, 2.05) is 0 Å². The smallest absolute Gasteiger partial charge is 0.304 e. The van der Waals surface area contributed by atoms with Crippen molar-refractivity contribution in [2.24, 2.45) is 0 Å². The van der Waals surface area contributed by atoms with E-state index in [-0.39, 0.29) is 6.04 Å². The summed E-state index contributed by atoms with van der Waals surface area (Å²) < 4.78 is 0. The predicted octanol–water partition coefficient (Wildman–Crippen LogP) is 1.80. The van der Waals surface area contributed by atoms with Gasteiger partial charge < -0.3 is 5.11 Å². The molecule has 4 heteroatoms. The lowest BCUT2D eigenvalue weighted by atomic mass is 9.97. The third kappa shape index (κ3) is 3.23. The Labute approximate surface area is 110 Å². The van der Waals surface area contributed by atoms with Crippen LogP contribution in [-0.2, 0) is 4.79 Å². The number of aliphatic carboxylic acids is 1. The quantitative estimate of drug-likeness (QED) is 0.831. The average molecular weight is 254 g/mol. The van der Waals surface area contributed by atoms with Gasteiger partial charge in [0.05, 0.1) is 6.42 Å². The van der Waals surface area contributed by atoms with Gasteiger partial charge in [0.15, 0.2) is 0 Å². The number of rotatable bonds is 4. The van der Waals surface area contributed by atoms with Gasteiger partial charge in [0.2, 0.25) is 0 Å². The van der Waals surface area contributed by atoms with Gasteiger partial charge in [0, 0.05) is 31.2 Å². The fourth-order valence-electron chi connectivity index (χ4n) is 3.43. The molecule has 2 unspecified atom stereocenters. The molecule has 0 aromatic heterocycles. The molecule has 104 valence electrons. The lowest BCUT2D eigenvalue weighted by Crippen LogP contribution is -2.48. The SMILES string of the molecule is CC(C)N1CCC(N2CCCCC2CC(=O)O)C1. The molecule has 2 fully saturated rings. The van der Waals surface area contributed by atoms with Crippen molar-refractivity contribution in [3.63, 3.8) is 0 Å². The van der Waals surface area contributed by atoms with Gasteiger partial charge in [-0.05, 0) is 39.7 Å². The van der Waals surface area contributed by atoms with Crippen molar-refractivity contribution >= 4 is 5.97 Å². The van der Waals surface area contributed by atoms with Crippen LogP contribution < -0.4 is 0 Å². The zero-order chi connectivity index (χ0) is 13.1. The van der Waals surface area contributed by atoms with Gasteiger partial charge in [-0.1, -0.05) is 6.42 Å². The van der Waals surface area contributed by atoms with E-state index in [0.717, 1.165) is 19.5 Å². The highest BCUT2D eigenvalue weighted by Crippen LogP contribution is 2.27. The number of carboxylic acids is 1. The van der Waals surface area contributed by atoms with Crippen molar-refractivity contribution < 1.29 is 9.90 Å². The Balaban J connectivity index is 1.95. The molecule has 2 aliphatic rings. The Bertz CT molecular complexity index is 294. The number of hydrogen-bond acceptors (Lipinski definition) is 3. The van der Waals surface area contributed by atoms with Crippen molar-refractivity contribution in [2.75, 3.05) is 19.6 Å². The third-order valence-electron chi connectivity index (χ3n) is 4.48. The molecule has 0 amide bonds. The molecule has 0 bridgehead atoms. The second kappa shape index (κ2) is 6.02. The van der Waals surface area contributed by atoms with Crippen LogP contribution in [0.3, 0.4) is 0 Å². The van der Waals surface area contributed by atoms with Crippen LogP contribution in [0.4, 0.5) is 0 Å². The van der Waals surface area contributed by atoms with E-state index in [9.17, 15) is 4.79 Å². The van der Waals surface area contributed by atoms with Gasteiger partial charge in [-0.15, -0.1) is 0 Å². The van der Waals surface area contributed by atoms with E-state index >= 15 is 0 Å². The number of nitrogens with zero attached hydrogens (tertiary/aromatic N) is 2. The van der Waals surface area contributed by atoms with Crippen LogP contribution in [0.5, 0.6) is 0 Å². The summed E-state index contributed by atoms with van der Waals surface area (Å²) in [5.74, 6) is -0.648. The van der Waals surface area contributed by atoms with Gasteiger partial charge in [-0.3, -0.25) is 14.6 Å². The minimum Gasteiger partial charge on any atom is -0.481 e. The first-order valence-electron chi connectivity index (χ1n) is 7.29. The maximum absolute atomic E-state index is 11.0. The number of carbonyl (C=O) groups is 1. The molecular weight excluding hydrogens is 228 g/mol. The highest BCUT2D eigenvalue weighted by atomic mass is 16.4. The standard InChI is InChI=1S/C14H26N2O2/c1-11(2)15-8-6-13(10-15)16-7-4-3-5-12(16)9-14(17)18/h11-13H,3-10H2,1-2H3,(H,17,18). The number of hydrogen-bond donors (Lipinski definition) is 1. The summed E-state index contributed by atoms with van der Waals surface area (Å²) in [7, 11) is 0. The first kappa shape index (κ1) is 13.8. The van der Waals surface area contributed by atoms with Crippen molar-refractivity contribution in [1.82, 2.24) is 9.80 Å². The first-order chi connectivity index (χ1) is 8.58. The molecule has 0 spiro atoms. The molecule has 0 radical (unpaired) electrons. The van der Waals surface area contributed by atoms with Gasteiger partial charge in [-0.25, -0.2) is 0 Å². The highest BCUT2D eigenvalue weighted by molar-refractivity contribution is 5.67. The number of carboxylic acid groups (broad SMARTS) is 1. The largest absolute Gasteiger partial charge is 0.481 e. The molecule has 2 atom stereocenters. The summed E-state index contributed by atoms with van der Waals surface area (Å²) in [5.41, 5.74) is 0. The minimum absolute atomic E-state index is 0.272. The van der Waals surface area contributed by atoms with Gasteiger partial charge in [0.1, 0.15) is 0 Å². The normalized spacial score (nSPS) is 31.1. The van der Waals surface area contributed by atoms with E-state index in [1.165, 1.54) is 25.8 Å². The Kier molecular flexibility index (Phi) is 4.62. The first-order valence-corrected chi connectivity index (χ1v) is 7.29. The van der Waals surface area contributed by atoms with Crippen molar-refractivity contribution in [2.45, 2.75) is 64.1 Å². The molecule has 2 aliphatic heterocycles. The molecule has 2 saturated heterocycles. The van der Waals surface area contributed by atoms with Crippen LogP contribution in [0, 0.1) is 0 Å². The molecular formula is C14H26N2O2. The maximum Gasteiger partial charge on any atom is 0.304 e. The summed E-state index contributed by atoms with van der Waals surface area (Å²) >= 11 is 0. The average Bonchev–Trinajstić information content (AvgIpc) is 2.78. The monoisotopic (exact) mass is 254 g/mol. The number of piperidine rings is 1. The van der Waals surface area contributed by atoms with Crippen LogP contribution in [0.15, 0.2) is 0 Å². The lowest BCUT2D eigenvalue weighted by molar-refractivity contribution is -0.139. The molecule has 2 rings (SSSR count).